The molecule has 0 radical (unpaired) electrons. The molecular weight excluding hydrogens is 523 g/mol. The molecule has 9 nitrogen and oxygen atoms in total. The number of hydrogen-bond donors (Lipinski definition) is 1. The molecule has 1 N–H and O–H groups in total. The van der Waals surface area contributed by atoms with E-state index in [2.05, 4.69) is 20.7 Å². The number of amides is 2. The van der Waals surface area contributed by atoms with Crippen LogP contribution in [0.3, 0.4) is 0 Å². The van der Waals surface area contributed by atoms with Gasteiger partial charge in [-0.15, -0.1) is 10.2 Å². The summed E-state index contributed by atoms with van der Waals surface area (Å²) in [4.78, 5) is 30.2. The number of methoxy groups -OCH3 is 1. The minimum absolute atomic E-state index is 0.232. The van der Waals surface area contributed by atoms with Gasteiger partial charge < -0.3 is 10.1 Å². The van der Waals surface area contributed by atoms with Gasteiger partial charge in [0, 0.05) is 27.9 Å². The van der Waals surface area contributed by atoms with E-state index in [4.69, 9.17) is 16.3 Å². The Morgan fingerprint density at radius 1 is 1.08 bits per heavy atom. The Kier molecular flexibility index (Phi) is 8.25. The SMILES string of the molecule is COc1cccc(N(C(=O)Cn2nnc(-c3ccc(F)cc3)n2)[C@@H](C(=O)NC(C)(C)C)c2ccc(Cl)cc2)c1. The van der Waals surface area contributed by atoms with Crippen LogP contribution in [0, 0.1) is 5.82 Å². The zero-order chi connectivity index (χ0) is 28.2. The lowest BCUT2D eigenvalue weighted by Crippen LogP contribution is -2.50. The summed E-state index contributed by atoms with van der Waals surface area (Å²) in [6.45, 7) is 5.26. The predicted molar refractivity (Wildman–Crippen MR) is 146 cm³/mol. The zero-order valence-corrected chi connectivity index (χ0v) is 22.7. The molecule has 4 aromatic rings. The minimum atomic E-state index is -1.05. The highest BCUT2D eigenvalue weighted by molar-refractivity contribution is 6.30. The number of hydrogen-bond acceptors (Lipinski definition) is 6. The van der Waals surface area contributed by atoms with E-state index in [1.54, 1.807) is 48.5 Å². The van der Waals surface area contributed by atoms with Crippen LogP contribution in [0.4, 0.5) is 10.1 Å². The molecule has 0 fully saturated rings. The summed E-state index contributed by atoms with van der Waals surface area (Å²) in [6.07, 6.45) is 0. The van der Waals surface area contributed by atoms with Crippen molar-refractivity contribution in [1.82, 2.24) is 25.5 Å². The van der Waals surface area contributed by atoms with Gasteiger partial charge in [0.05, 0.1) is 7.11 Å². The van der Waals surface area contributed by atoms with E-state index in [1.807, 2.05) is 20.8 Å². The first kappa shape index (κ1) is 27.7. The van der Waals surface area contributed by atoms with Gasteiger partial charge in [-0.3, -0.25) is 14.5 Å². The Morgan fingerprint density at radius 2 is 1.77 bits per heavy atom. The number of tetrazole rings is 1. The third-order valence-corrected chi connectivity index (χ3v) is 5.87. The molecule has 0 saturated heterocycles. The number of carbonyl (C=O) groups is 2. The molecule has 202 valence electrons. The van der Waals surface area contributed by atoms with E-state index in [1.165, 1.54) is 36.3 Å². The number of nitrogens with one attached hydrogen (secondary N) is 1. The number of rotatable bonds is 8. The van der Waals surface area contributed by atoms with Gasteiger partial charge in [0.1, 0.15) is 24.2 Å². The number of carbonyl (C=O) groups excluding carboxylic acids is 2. The smallest absolute Gasteiger partial charge is 0.251 e. The average molecular weight is 551 g/mol. The van der Waals surface area contributed by atoms with Crippen LogP contribution >= 0.6 is 11.6 Å². The molecule has 0 unspecified atom stereocenters. The maximum absolute atomic E-state index is 14.0. The van der Waals surface area contributed by atoms with Crippen LogP contribution in [-0.4, -0.2) is 44.7 Å². The van der Waals surface area contributed by atoms with E-state index in [0.717, 1.165) is 4.80 Å². The van der Waals surface area contributed by atoms with Crippen molar-refractivity contribution < 1.29 is 18.7 Å². The molecular formula is C28H28ClFN6O3. The van der Waals surface area contributed by atoms with Crippen LogP contribution in [0.25, 0.3) is 11.4 Å². The Hall–Kier alpha value is -4.31. The first-order valence-electron chi connectivity index (χ1n) is 12.1. The van der Waals surface area contributed by atoms with Crippen LogP contribution in [-0.2, 0) is 16.1 Å². The second kappa shape index (κ2) is 11.6. The Balaban J connectivity index is 1.75. The maximum Gasteiger partial charge on any atom is 0.251 e. The van der Waals surface area contributed by atoms with Gasteiger partial charge in [-0.2, -0.15) is 4.80 Å². The van der Waals surface area contributed by atoms with Crippen LogP contribution in [0.5, 0.6) is 5.75 Å². The van der Waals surface area contributed by atoms with Crippen molar-refractivity contribution in [3.8, 4) is 17.1 Å². The van der Waals surface area contributed by atoms with Crippen molar-refractivity contribution in [3.63, 3.8) is 0 Å². The van der Waals surface area contributed by atoms with Crippen molar-refractivity contribution in [2.24, 2.45) is 0 Å². The molecule has 3 aromatic carbocycles. The largest absolute Gasteiger partial charge is 0.497 e. The molecule has 0 bridgehead atoms. The average Bonchev–Trinajstić information content (AvgIpc) is 3.35. The lowest BCUT2D eigenvalue weighted by atomic mass is 10.0. The summed E-state index contributed by atoms with van der Waals surface area (Å²) < 4.78 is 18.7. The van der Waals surface area contributed by atoms with Crippen molar-refractivity contribution >= 4 is 29.1 Å². The molecule has 0 aliphatic rings. The van der Waals surface area contributed by atoms with E-state index in [9.17, 15) is 14.0 Å². The molecule has 0 saturated carbocycles. The molecule has 0 aliphatic heterocycles. The first-order chi connectivity index (χ1) is 18.5. The number of ether oxygens (including phenoxy) is 1. The highest BCUT2D eigenvalue weighted by atomic mass is 35.5. The van der Waals surface area contributed by atoms with E-state index < -0.39 is 23.3 Å². The third kappa shape index (κ3) is 6.97. The highest BCUT2D eigenvalue weighted by Gasteiger charge is 2.35. The molecule has 4 rings (SSSR count). The molecule has 0 aliphatic carbocycles. The van der Waals surface area contributed by atoms with Crippen molar-refractivity contribution in [3.05, 3.63) is 89.2 Å². The topological polar surface area (TPSA) is 102 Å². The van der Waals surface area contributed by atoms with Gasteiger partial charge in [-0.1, -0.05) is 29.8 Å². The lowest BCUT2D eigenvalue weighted by Gasteiger charge is -2.33. The Bertz CT molecular complexity index is 1450. The standard InChI is InChI=1S/C28H28ClFN6O3/c1-28(2,3)31-27(38)25(18-8-12-20(29)13-9-18)36(22-6-5-7-23(16-22)39-4)24(37)17-35-33-26(32-34-35)19-10-14-21(30)15-11-19/h5-16,25H,17H2,1-4H3,(H,31,38)/t25-/m1/s1. The summed E-state index contributed by atoms with van der Waals surface area (Å²) >= 11 is 6.12. The van der Waals surface area contributed by atoms with Gasteiger partial charge >= 0.3 is 0 Å². The summed E-state index contributed by atoms with van der Waals surface area (Å²) in [5, 5.41) is 15.8. The van der Waals surface area contributed by atoms with Crippen LogP contribution in [0.2, 0.25) is 5.02 Å². The lowest BCUT2D eigenvalue weighted by molar-refractivity contribution is -0.128. The quantitative estimate of drug-likeness (QED) is 0.337. The fourth-order valence-corrected chi connectivity index (χ4v) is 4.05. The summed E-state index contributed by atoms with van der Waals surface area (Å²) in [5.41, 5.74) is 0.962. The Labute approximate surface area is 230 Å². The Morgan fingerprint density at radius 3 is 2.41 bits per heavy atom. The van der Waals surface area contributed by atoms with Gasteiger partial charge in [0.15, 0.2) is 0 Å². The monoisotopic (exact) mass is 550 g/mol. The molecule has 1 atom stereocenters. The number of benzene rings is 3. The normalized spacial score (nSPS) is 12.1. The van der Waals surface area contributed by atoms with Crippen LogP contribution < -0.4 is 15.0 Å². The predicted octanol–water partition coefficient (Wildman–Crippen LogP) is 4.83. The van der Waals surface area contributed by atoms with Crippen molar-refractivity contribution in [2.45, 2.75) is 38.9 Å². The van der Waals surface area contributed by atoms with Gasteiger partial charge in [0.25, 0.3) is 5.91 Å². The highest BCUT2D eigenvalue weighted by Crippen LogP contribution is 2.32. The number of anilines is 1. The van der Waals surface area contributed by atoms with Crippen LogP contribution in [0.15, 0.2) is 72.8 Å². The summed E-state index contributed by atoms with van der Waals surface area (Å²) in [5.74, 6) is -0.517. The van der Waals surface area contributed by atoms with Crippen molar-refractivity contribution in [1.29, 1.82) is 0 Å². The van der Waals surface area contributed by atoms with Gasteiger partial charge in [-0.05, 0) is 80.1 Å². The summed E-state index contributed by atoms with van der Waals surface area (Å²) in [7, 11) is 1.52. The molecule has 0 spiro atoms. The van der Waals surface area contributed by atoms with E-state index >= 15 is 0 Å². The fraction of sp³-hybridized carbons (Fsp3) is 0.250. The molecule has 1 aromatic heterocycles. The summed E-state index contributed by atoms with van der Waals surface area (Å²) in [6, 6.07) is 18.2. The van der Waals surface area contributed by atoms with E-state index in [0.29, 0.717) is 27.6 Å². The number of nitrogens with zero attached hydrogens (tertiary/aromatic N) is 5. The molecule has 1 heterocycles. The fourth-order valence-electron chi connectivity index (χ4n) is 3.92. The molecule has 39 heavy (non-hydrogen) atoms. The van der Waals surface area contributed by atoms with Gasteiger partial charge in [-0.25, -0.2) is 4.39 Å². The second-order valence-electron chi connectivity index (χ2n) is 9.81. The first-order valence-corrected chi connectivity index (χ1v) is 12.5. The maximum atomic E-state index is 14.0. The number of aromatic nitrogens is 4. The molecule has 11 heteroatoms. The number of halogens is 2. The third-order valence-electron chi connectivity index (χ3n) is 5.62. The second-order valence-corrected chi connectivity index (χ2v) is 10.2. The van der Waals surface area contributed by atoms with Gasteiger partial charge in [0.2, 0.25) is 11.7 Å². The minimum Gasteiger partial charge on any atom is -0.497 e. The van der Waals surface area contributed by atoms with E-state index in [-0.39, 0.29) is 18.3 Å². The van der Waals surface area contributed by atoms with Crippen molar-refractivity contribution in [2.75, 3.05) is 12.0 Å². The molecule has 2 amide bonds. The zero-order valence-electron chi connectivity index (χ0n) is 21.9. The van der Waals surface area contributed by atoms with Crippen LogP contribution in [0.1, 0.15) is 32.4 Å².